The molecule has 4 unspecified atom stereocenters. The molecule has 6 atom stereocenters. The zero-order valence-electron chi connectivity index (χ0n) is 24.6. The summed E-state index contributed by atoms with van der Waals surface area (Å²) in [5.41, 5.74) is 0.866. The van der Waals surface area contributed by atoms with Gasteiger partial charge in [-0.25, -0.2) is 13.2 Å². The molecule has 3 aliphatic rings. The van der Waals surface area contributed by atoms with Gasteiger partial charge in [-0.05, 0) is 60.9 Å². The van der Waals surface area contributed by atoms with Gasteiger partial charge in [-0.2, -0.15) is 4.31 Å². The molecule has 3 fully saturated rings. The van der Waals surface area contributed by atoms with Crippen LogP contribution in [0.15, 0.2) is 59.5 Å². The van der Waals surface area contributed by atoms with Gasteiger partial charge in [0, 0.05) is 38.1 Å². The fraction of sp³-hybridized carbons (Fsp3) is 0.581. The monoisotopic (exact) mass is 604 g/mol. The Labute approximate surface area is 249 Å². The fourth-order valence-corrected chi connectivity index (χ4v) is 7.61. The van der Waals surface area contributed by atoms with Gasteiger partial charge >= 0.3 is 6.09 Å². The number of fused-ring (bicyclic) bond motifs is 4. The predicted octanol–water partition coefficient (Wildman–Crippen LogP) is 3.07. The number of hydrogen-bond donors (Lipinski definition) is 3. The first-order chi connectivity index (χ1) is 20.1. The molecule has 2 heterocycles. The van der Waals surface area contributed by atoms with Gasteiger partial charge in [-0.3, -0.25) is 0 Å². The molecule has 2 bridgehead atoms. The summed E-state index contributed by atoms with van der Waals surface area (Å²) in [4.78, 5) is 13.4. The highest BCUT2D eigenvalue weighted by atomic mass is 32.2. The lowest BCUT2D eigenvalue weighted by Crippen LogP contribution is -2.53. The minimum atomic E-state index is -3.96. The molecule has 0 radical (unpaired) electrons. The molecule has 232 valence electrons. The number of ether oxygens (including phenoxy) is 3. The number of carbonyl (C=O) groups excluding carboxylic acids is 1. The van der Waals surface area contributed by atoms with Crippen molar-refractivity contribution in [3.63, 3.8) is 0 Å². The number of nitrogens with one attached hydrogen (secondary N) is 1. The summed E-state index contributed by atoms with van der Waals surface area (Å²) in [7, 11) is -2.45. The first-order valence-electron chi connectivity index (χ1n) is 14.6. The standard InChI is InChI=1S/C31H44N2O8S/c1-21(2)16-33(42(37,38)26-13-11-25(39-3)12-14-26)17-29(35)28(15-22-7-5-4-6-8-22)32-31(36)41-30-24-10-9-23(19-40-20-24)27(30)18-34/h4-8,11-14,21,23-24,27-30,34-35H,9-10,15-20H2,1-3H3,(H,32,36)/t23?,24?,27?,28-,29+,30?/m0/s1. The van der Waals surface area contributed by atoms with Crippen molar-refractivity contribution in [1.82, 2.24) is 9.62 Å². The van der Waals surface area contributed by atoms with E-state index in [0.717, 1.165) is 18.4 Å². The van der Waals surface area contributed by atoms with Crippen LogP contribution in [0, 0.1) is 23.7 Å². The van der Waals surface area contributed by atoms with Crippen molar-refractivity contribution >= 4 is 16.1 Å². The quantitative estimate of drug-likeness (QED) is 0.318. The van der Waals surface area contributed by atoms with E-state index in [1.807, 2.05) is 44.2 Å². The molecule has 0 aromatic heterocycles. The van der Waals surface area contributed by atoms with Gasteiger partial charge in [-0.15, -0.1) is 0 Å². The molecule has 11 heteroatoms. The van der Waals surface area contributed by atoms with E-state index in [-0.39, 0.29) is 54.7 Å². The van der Waals surface area contributed by atoms with Crippen LogP contribution in [0.4, 0.5) is 4.79 Å². The smallest absolute Gasteiger partial charge is 0.407 e. The normalized spacial score (nSPS) is 23.8. The number of alkyl carbamates (subject to hydrolysis) is 1. The maximum atomic E-state index is 13.7. The number of aliphatic hydroxyl groups is 2. The predicted molar refractivity (Wildman–Crippen MR) is 158 cm³/mol. The molecule has 2 saturated heterocycles. The number of carbonyl (C=O) groups is 1. The molecule has 1 saturated carbocycles. The second-order valence-corrected chi connectivity index (χ2v) is 13.7. The molecular formula is C31H44N2O8S. The van der Waals surface area contributed by atoms with Crippen molar-refractivity contribution in [2.24, 2.45) is 23.7 Å². The summed E-state index contributed by atoms with van der Waals surface area (Å²) in [6.07, 6.45) is -0.424. The van der Waals surface area contributed by atoms with Crippen LogP contribution in [0.1, 0.15) is 32.3 Å². The highest BCUT2D eigenvalue weighted by molar-refractivity contribution is 7.89. The second-order valence-electron chi connectivity index (χ2n) is 11.8. The van der Waals surface area contributed by atoms with Crippen molar-refractivity contribution in [1.29, 1.82) is 0 Å². The molecule has 5 rings (SSSR count). The Morgan fingerprint density at radius 1 is 1.05 bits per heavy atom. The number of aliphatic hydroxyl groups excluding tert-OH is 2. The molecule has 1 amide bonds. The van der Waals surface area contributed by atoms with Gasteiger partial charge in [0.1, 0.15) is 11.9 Å². The first-order valence-corrected chi connectivity index (χ1v) is 16.1. The van der Waals surface area contributed by atoms with Crippen LogP contribution in [0.25, 0.3) is 0 Å². The Bertz CT molecular complexity index is 1240. The van der Waals surface area contributed by atoms with Crippen LogP contribution in [-0.2, 0) is 25.9 Å². The summed E-state index contributed by atoms with van der Waals surface area (Å²) < 4.78 is 45.4. The average Bonchev–Trinajstić information content (AvgIpc) is 3.31. The third kappa shape index (κ3) is 8.02. The van der Waals surface area contributed by atoms with Crippen molar-refractivity contribution < 1.29 is 37.6 Å². The summed E-state index contributed by atoms with van der Waals surface area (Å²) in [6, 6.07) is 14.7. The highest BCUT2D eigenvalue weighted by Crippen LogP contribution is 2.39. The van der Waals surface area contributed by atoms with Gasteiger partial charge in [0.2, 0.25) is 10.0 Å². The van der Waals surface area contributed by atoms with Crippen molar-refractivity contribution in [2.75, 3.05) is 40.0 Å². The van der Waals surface area contributed by atoms with Crippen LogP contribution in [0.3, 0.4) is 0 Å². The molecule has 3 N–H and O–H groups in total. The highest BCUT2D eigenvalue weighted by Gasteiger charge is 2.44. The Morgan fingerprint density at radius 3 is 2.36 bits per heavy atom. The summed E-state index contributed by atoms with van der Waals surface area (Å²) in [5.74, 6) is 0.405. The molecule has 2 aromatic carbocycles. The van der Waals surface area contributed by atoms with Gasteiger partial charge in [0.25, 0.3) is 0 Å². The van der Waals surface area contributed by atoms with Gasteiger partial charge in [-0.1, -0.05) is 44.2 Å². The zero-order chi connectivity index (χ0) is 30.3. The van der Waals surface area contributed by atoms with Crippen molar-refractivity contribution in [2.45, 2.75) is 56.3 Å². The molecule has 2 aliphatic heterocycles. The Kier molecular flexibility index (Phi) is 11.2. The van der Waals surface area contributed by atoms with Gasteiger partial charge < -0.3 is 29.7 Å². The minimum absolute atomic E-state index is 0.0136. The van der Waals surface area contributed by atoms with Crippen LogP contribution in [-0.4, -0.2) is 87.3 Å². The Balaban J connectivity index is 1.54. The lowest BCUT2D eigenvalue weighted by atomic mass is 9.73. The summed E-state index contributed by atoms with van der Waals surface area (Å²) in [5, 5.41) is 24.4. The van der Waals surface area contributed by atoms with Crippen molar-refractivity contribution in [3.05, 3.63) is 60.2 Å². The lowest BCUT2D eigenvalue weighted by molar-refractivity contribution is -0.0365. The van der Waals surface area contributed by atoms with E-state index in [1.165, 1.54) is 23.5 Å². The molecule has 2 aromatic rings. The third-order valence-electron chi connectivity index (χ3n) is 8.24. The lowest BCUT2D eigenvalue weighted by Gasteiger charge is -2.38. The minimum Gasteiger partial charge on any atom is -0.497 e. The van der Waals surface area contributed by atoms with Crippen LogP contribution >= 0.6 is 0 Å². The van der Waals surface area contributed by atoms with Gasteiger partial charge in [0.15, 0.2) is 0 Å². The maximum Gasteiger partial charge on any atom is 0.407 e. The van der Waals surface area contributed by atoms with E-state index in [9.17, 15) is 23.4 Å². The van der Waals surface area contributed by atoms with Crippen LogP contribution in [0.2, 0.25) is 0 Å². The Morgan fingerprint density at radius 2 is 1.71 bits per heavy atom. The van der Waals surface area contributed by atoms with Gasteiger partial charge in [0.05, 0.1) is 30.8 Å². The number of rotatable bonds is 13. The zero-order valence-corrected chi connectivity index (χ0v) is 25.4. The molecular weight excluding hydrogens is 560 g/mol. The van der Waals surface area contributed by atoms with E-state index in [2.05, 4.69) is 5.32 Å². The van der Waals surface area contributed by atoms with Crippen LogP contribution in [0.5, 0.6) is 5.75 Å². The van der Waals surface area contributed by atoms with E-state index < -0.39 is 34.4 Å². The summed E-state index contributed by atoms with van der Waals surface area (Å²) in [6.45, 7) is 4.65. The SMILES string of the molecule is COc1ccc(S(=O)(=O)N(CC(C)C)C[C@@H](O)[C@H](Cc2ccccc2)NC(=O)OC2C3CCC(COC3)C2CO)cc1. The largest absolute Gasteiger partial charge is 0.497 e. The number of benzene rings is 2. The van der Waals surface area contributed by atoms with E-state index in [0.29, 0.717) is 19.0 Å². The number of nitrogens with zero attached hydrogens (tertiary/aromatic N) is 1. The van der Waals surface area contributed by atoms with Crippen LogP contribution < -0.4 is 10.1 Å². The topological polar surface area (TPSA) is 135 Å². The molecule has 0 spiro atoms. The summed E-state index contributed by atoms with van der Waals surface area (Å²) >= 11 is 0. The number of hydrogen-bond acceptors (Lipinski definition) is 8. The number of methoxy groups -OCH3 is 1. The van der Waals surface area contributed by atoms with E-state index >= 15 is 0 Å². The maximum absolute atomic E-state index is 13.7. The number of sulfonamides is 1. The van der Waals surface area contributed by atoms with Crippen molar-refractivity contribution in [3.8, 4) is 5.75 Å². The molecule has 1 aliphatic carbocycles. The third-order valence-corrected chi connectivity index (χ3v) is 10.1. The Hall–Kier alpha value is -2.70. The first kappa shape index (κ1) is 32.2. The molecule has 10 nitrogen and oxygen atoms in total. The van der Waals surface area contributed by atoms with E-state index in [1.54, 1.807) is 12.1 Å². The van der Waals surface area contributed by atoms with E-state index in [4.69, 9.17) is 14.2 Å². The second kappa shape index (κ2) is 14.7. The number of amides is 1. The molecule has 42 heavy (non-hydrogen) atoms. The fourth-order valence-electron chi connectivity index (χ4n) is 5.99. The average molecular weight is 605 g/mol.